The molecule has 0 radical (unpaired) electrons. The molecule has 0 atom stereocenters. The fourth-order valence-corrected chi connectivity index (χ4v) is 4.13. The molecule has 8 heteroatoms. The van der Waals surface area contributed by atoms with Crippen LogP contribution in [0.5, 0.6) is 0 Å². The number of aryl methyl sites for hydroxylation is 1. The third-order valence-corrected chi connectivity index (χ3v) is 5.87. The summed E-state index contributed by atoms with van der Waals surface area (Å²) in [5, 5.41) is 5.80. The molecule has 2 N–H and O–H groups in total. The smallest absolute Gasteiger partial charge is 0.251 e. The van der Waals surface area contributed by atoms with E-state index in [1.54, 1.807) is 24.7 Å². The summed E-state index contributed by atoms with van der Waals surface area (Å²) in [6, 6.07) is 22.7. The number of hydrogen-bond acceptors (Lipinski definition) is 5. The summed E-state index contributed by atoms with van der Waals surface area (Å²) in [7, 11) is 0. The van der Waals surface area contributed by atoms with Gasteiger partial charge >= 0.3 is 0 Å². The molecule has 2 aromatic heterocycles. The van der Waals surface area contributed by atoms with Crippen LogP contribution in [0.4, 0.5) is 5.69 Å². The minimum Gasteiger partial charge on any atom is -0.352 e. The van der Waals surface area contributed by atoms with Gasteiger partial charge in [0, 0.05) is 54.8 Å². The summed E-state index contributed by atoms with van der Waals surface area (Å²) >= 11 is 0. The average molecular weight is 491 g/mol. The molecule has 0 aliphatic rings. The molecule has 0 spiro atoms. The van der Waals surface area contributed by atoms with Gasteiger partial charge in [0.1, 0.15) is 0 Å². The number of fused-ring (bicyclic) bond motifs is 1. The summed E-state index contributed by atoms with van der Waals surface area (Å²) in [5.74, 6) is -0.304. The predicted octanol–water partition coefficient (Wildman–Crippen LogP) is 4.94. The lowest BCUT2D eigenvalue weighted by Gasteiger charge is -2.13. The number of hydrogen-bond donors (Lipinski definition) is 2. The highest BCUT2D eigenvalue weighted by Gasteiger charge is 2.15. The summed E-state index contributed by atoms with van der Waals surface area (Å²) in [6.45, 7) is 2.81. The largest absolute Gasteiger partial charge is 0.352 e. The number of anilines is 1. The molecule has 2 amide bonds. The van der Waals surface area contributed by atoms with Gasteiger partial charge in [-0.15, -0.1) is 0 Å². The van der Waals surface area contributed by atoms with Crippen LogP contribution < -0.4 is 10.6 Å². The van der Waals surface area contributed by atoms with E-state index < -0.39 is 0 Å². The van der Waals surface area contributed by atoms with Gasteiger partial charge in [0.15, 0.2) is 0 Å². The van der Waals surface area contributed by atoms with Crippen molar-refractivity contribution in [1.82, 2.24) is 24.8 Å². The minimum atomic E-state index is -0.157. The highest BCUT2D eigenvalue weighted by atomic mass is 16.2. The van der Waals surface area contributed by atoms with Crippen LogP contribution in [0.3, 0.4) is 0 Å². The third kappa shape index (κ3) is 5.70. The Hall–Kier alpha value is -4.85. The summed E-state index contributed by atoms with van der Waals surface area (Å²) in [4.78, 5) is 38.3. The lowest BCUT2D eigenvalue weighted by molar-refractivity contribution is -0.114. The first-order valence-corrected chi connectivity index (χ1v) is 12.1. The molecular weight excluding hydrogens is 464 g/mol. The van der Waals surface area contributed by atoms with Crippen molar-refractivity contribution in [1.29, 1.82) is 0 Å². The number of nitrogens with one attached hydrogen (secondary N) is 2. The Kier molecular flexibility index (Phi) is 6.98. The maximum atomic E-state index is 12.8. The average Bonchev–Trinajstić information content (AvgIpc) is 3.44. The van der Waals surface area contributed by atoms with Crippen molar-refractivity contribution in [2.24, 2.45) is 0 Å². The zero-order chi connectivity index (χ0) is 25.6. The van der Waals surface area contributed by atoms with Crippen LogP contribution in [0.2, 0.25) is 0 Å². The molecule has 0 saturated heterocycles. The van der Waals surface area contributed by atoms with E-state index in [1.807, 2.05) is 71.4 Å². The molecule has 2 heterocycles. The third-order valence-electron chi connectivity index (χ3n) is 5.87. The Morgan fingerprint density at radius 2 is 1.65 bits per heavy atom. The van der Waals surface area contributed by atoms with Gasteiger partial charge in [0.05, 0.1) is 28.7 Å². The van der Waals surface area contributed by atoms with Crippen molar-refractivity contribution in [3.05, 3.63) is 97.1 Å². The van der Waals surface area contributed by atoms with Crippen LogP contribution >= 0.6 is 0 Å². The topological polar surface area (TPSA) is 102 Å². The Balaban J connectivity index is 1.47. The molecular formula is C29H26N6O2. The van der Waals surface area contributed by atoms with E-state index in [0.29, 0.717) is 34.5 Å². The van der Waals surface area contributed by atoms with Gasteiger partial charge in [-0.2, -0.15) is 0 Å². The highest BCUT2D eigenvalue weighted by molar-refractivity contribution is 5.98. The Morgan fingerprint density at radius 3 is 2.43 bits per heavy atom. The second-order valence-electron chi connectivity index (χ2n) is 8.66. The predicted molar refractivity (Wildman–Crippen MR) is 144 cm³/mol. The summed E-state index contributed by atoms with van der Waals surface area (Å²) < 4.78 is 1.98. The number of carbonyl (C=O) groups excluding carboxylic acids is 2. The molecule has 37 heavy (non-hydrogen) atoms. The number of rotatable bonds is 8. The van der Waals surface area contributed by atoms with E-state index in [4.69, 9.17) is 9.97 Å². The maximum absolute atomic E-state index is 12.8. The molecule has 0 bridgehead atoms. The Bertz CT molecular complexity index is 1550. The van der Waals surface area contributed by atoms with E-state index >= 15 is 0 Å². The van der Waals surface area contributed by atoms with Crippen LogP contribution in [-0.4, -0.2) is 37.9 Å². The molecule has 5 rings (SSSR count). The Labute approximate surface area is 214 Å². The monoisotopic (exact) mass is 490 g/mol. The zero-order valence-corrected chi connectivity index (χ0v) is 20.4. The first-order valence-electron chi connectivity index (χ1n) is 12.1. The summed E-state index contributed by atoms with van der Waals surface area (Å²) in [5.41, 5.74) is 5.64. The molecule has 0 aliphatic carbocycles. The van der Waals surface area contributed by atoms with Crippen molar-refractivity contribution < 1.29 is 9.59 Å². The minimum absolute atomic E-state index is 0.147. The molecule has 0 saturated carbocycles. The van der Waals surface area contributed by atoms with Gasteiger partial charge in [0.2, 0.25) is 5.91 Å². The van der Waals surface area contributed by atoms with Crippen molar-refractivity contribution in [3.8, 4) is 22.5 Å². The number of carbonyl (C=O) groups is 2. The zero-order valence-electron chi connectivity index (χ0n) is 20.4. The van der Waals surface area contributed by atoms with Gasteiger partial charge in [-0.25, -0.2) is 15.0 Å². The van der Waals surface area contributed by atoms with Crippen LogP contribution in [0, 0.1) is 0 Å². The van der Waals surface area contributed by atoms with Gasteiger partial charge in [-0.3, -0.25) is 9.59 Å². The molecule has 0 aliphatic heterocycles. The summed E-state index contributed by atoms with van der Waals surface area (Å²) in [6.07, 6.45) is 6.20. The lowest BCUT2D eigenvalue weighted by Crippen LogP contribution is -2.25. The normalized spacial score (nSPS) is 10.8. The SMILES string of the molecule is CC(=O)Nc1cccc(-c2nc3cc(C(=O)NCCCn4ccnc4)ccc3nc2-c2ccccc2)c1. The first-order chi connectivity index (χ1) is 18.1. The van der Waals surface area contributed by atoms with Crippen molar-refractivity contribution >= 4 is 28.5 Å². The van der Waals surface area contributed by atoms with E-state index in [9.17, 15) is 9.59 Å². The molecule has 5 aromatic rings. The van der Waals surface area contributed by atoms with E-state index in [0.717, 1.165) is 29.8 Å². The van der Waals surface area contributed by atoms with Gasteiger partial charge in [-0.05, 0) is 36.8 Å². The van der Waals surface area contributed by atoms with Crippen LogP contribution in [0.1, 0.15) is 23.7 Å². The fourth-order valence-electron chi connectivity index (χ4n) is 4.13. The standard InChI is InChI=1S/C29H26N6O2/c1-20(36)32-24-10-5-9-22(17-24)28-27(21-7-3-2-4-8-21)33-25-12-11-23(18-26(25)34-28)29(37)31-13-6-15-35-16-14-30-19-35/h2-5,7-12,14,16-19H,6,13,15H2,1H3,(H,31,37)(H,32,36). The fraction of sp³-hybridized carbons (Fsp3) is 0.138. The van der Waals surface area contributed by atoms with E-state index in [-0.39, 0.29) is 11.8 Å². The number of amides is 2. The second-order valence-corrected chi connectivity index (χ2v) is 8.66. The molecule has 3 aromatic carbocycles. The molecule has 0 unspecified atom stereocenters. The molecule has 184 valence electrons. The highest BCUT2D eigenvalue weighted by Crippen LogP contribution is 2.32. The van der Waals surface area contributed by atoms with E-state index in [1.165, 1.54) is 6.92 Å². The number of imidazole rings is 1. The first kappa shape index (κ1) is 23.9. The second kappa shape index (κ2) is 10.8. The van der Waals surface area contributed by atoms with Crippen LogP contribution in [-0.2, 0) is 11.3 Å². The quantitative estimate of drug-likeness (QED) is 0.300. The number of benzene rings is 3. The van der Waals surface area contributed by atoms with Crippen LogP contribution in [0.15, 0.2) is 91.5 Å². The number of aromatic nitrogens is 4. The maximum Gasteiger partial charge on any atom is 0.251 e. The van der Waals surface area contributed by atoms with Crippen molar-refractivity contribution in [2.45, 2.75) is 19.9 Å². The van der Waals surface area contributed by atoms with Crippen molar-refractivity contribution in [2.75, 3.05) is 11.9 Å². The molecule has 8 nitrogen and oxygen atoms in total. The van der Waals surface area contributed by atoms with Crippen LogP contribution in [0.25, 0.3) is 33.5 Å². The molecule has 0 fully saturated rings. The Morgan fingerprint density at radius 1 is 0.865 bits per heavy atom. The van der Waals surface area contributed by atoms with Gasteiger partial charge in [0.25, 0.3) is 5.91 Å². The van der Waals surface area contributed by atoms with E-state index in [2.05, 4.69) is 15.6 Å². The van der Waals surface area contributed by atoms with Crippen molar-refractivity contribution in [3.63, 3.8) is 0 Å². The lowest BCUT2D eigenvalue weighted by atomic mass is 10.0. The number of nitrogens with zero attached hydrogens (tertiary/aromatic N) is 4. The van der Waals surface area contributed by atoms with Gasteiger partial charge < -0.3 is 15.2 Å². The van der Waals surface area contributed by atoms with Gasteiger partial charge in [-0.1, -0.05) is 42.5 Å².